The number of ether oxygens (including phenoxy) is 1. The molecular weight excluding hydrogens is 314 g/mol. The Morgan fingerprint density at radius 3 is 2.65 bits per heavy atom. The number of imidazole rings is 1. The monoisotopic (exact) mass is 331 g/mol. The van der Waals surface area contributed by atoms with E-state index < -0.39 is 9.84 Å². The van der Waals surface area contributed by atoms with E-state index in [-0.39, 0.29) is 5.75 Å². The molecule has 0 fully saturated rings. The van der Waals surface area contributed by atoms with E-state index in [2.05, 4.69) is 15.0 Å². The van der Waals surface area contributed by atoms with Crippen LogP contribution in [0.2, 0.25) is 0 Å². The summed E-state index contributed by atoms with van der Waals surface area (Å²) in [5.74, 6) is 1.36. The van der Waals surface area contributed by atoms with Crippen LogP contribution >= 0.6 is 0 Å². The van der Waals surface area contributed by atoms with Gasteiger partial charge in [0.05, 0.1) is 34.5 Å². The Bertz CT molecular complexity index is 931. The molecule has 120 valence electrons. The van der Waals surface area contributed by atoms with Crippen molar-refractivity contribution in [2.45, 2.75) is 18.7 Å². The average Bonchev–Trinajstić information content (AvgIpc) is 2.99. The van der Waals surface area contributed by atoms with Gasteiger partial charge in [0.2, 0.25) is 0 Å². The van der Waals surface area contributed by atoms with Crippen LogP contribution in [0.4, 0.5) is 0 Å². The second-order valence-corrected chi connectivity index (χ2v) is 7.26. The van der Waals surface area contributed by atoms with Gasteiger partial charge < -0.3 is 9.72 Å². The average molecular weight is 331 g/mol. The summed E-state index contributed by atoms with van der Waals surface area (Å²) >= 11 is 0. The second kappa shape index (κ2) is 6.00. The molecule has 0 saturated carbocycles. The van der Waals surface area contributed by atoms with Gasteiger partial charge in [0.15, 0.2) is 15.7 Å². The van der Waals surface area contributed by atoms with Gasteiger partial charge in [0.1, 0.15) is 11.4 Å². The van der Waals surface area contributed by atoms with Crippen molar-refractivity contribution in [3.63, 3.8) is 0 Å². The molecule has 0 aliphatic rings. The summed E-state index contributed by atoms with van der Waals surface area (Å²) in [4.78, 5) is 12.2. The molecule has 0 bridgehead atoms. The lowest BCUT2D eigenvalue weighted by Crippen LogP contribution is -2.03. The van der Waals surface area contributed by atoms with Crippen LogP contribution in [0.3, 0.4) is 0 Å². The normalized spacial score (nSPS) is 11.7. The first-order valence-corrected chi connectivity index (χ1v) is 9.00. The number of pyridine rings is 1. The van der Waals surface area contributed by atoms with Crippen molar-refractivity contribution in [2.24, 2.45) is 0 Å². The zero-order valence-electron chi connectivity index (χ0n) is 12.9. The van der Waals surface area contributed by atoms with Gasteiger partial charge in [-0.1, -0.05) is 6.92 Å². The minimum atomic E-state index is -3.24. The van der Waals surface area contributed by atoms with Crippen LogP contribution in [0, 0.1) is 0 Å². The van der Waals surface area contributed by atoms with Crippen molar-refractivity contribution in [1.29, 1.82) is 0 Å². The highest BCUT2D eigenvalue weighted by atomic mass is 32.2. The largest absolute Gasteiger partial charge is 0.492 e. The summed E-state index contributed by atoms with van der Waals surface area (Å²) in [7, 11) is -3.24. The Labute approximate surface area is 134 Å². The summed E-state index contributed by atoms with van der Waals surface area (Å²) in [6.07, 6.45) is 1.64. The van der Waals surface area contributed by atoms with Gasteiger partial charge in [-0.05, 0) is 37.3 Å². The van der Waals surface area contributed by atoms with Gasteiger partial charge in [-0.3, -0.25) is 0 Å². The molecule has 0 aliphatic carbocycles. The van der Waals surface area contributed by atoms with Gasteiger partial charge in [-0.25, -0.2) is 18.4 Å². The maximum absolute atomic E-state index is 12.0. The van der Waals surface area contributed by atoms with Gasteiger partial charge in [-0.2, -0.15) is 0 Å². The fourth-order valence-corrected chi connectivity index (χ4v) is 3.15. The van der Waals surface area contributed by atoms with Crippen LogP contribution < -0.4 is 4.74 Å². The van der Waals surface area contributed by atoms with E-state index >= 15 is 0 Å². The standard InChI is InChI=1S/C16H17N3O3S/c1-3-22-11-5-7-14(17-10-11)16-18-13-8-6-12(9-15(13)19-16)23(20,21)4-2/h5-10H,3-4H2,1-2H3,(H,18,19). The van der Waals surface area contributed by atoms with Crippen LogP contribution in [0.5, 0.6) is 5.75 Å². The molecule has 1 aromatic carbocycles. The molecule has 0 amide bonds. The van der Waals surface area contributed by atoms with Crippen LogP contribution in [0.1, 0.15) is 13.8 Å². The predicted octanol–water partition coefficient (Wildman–Crippen LogP) is 2.82. The molecule has 0 spiro atoms. The highest BCUT2D eigenvalue weighted by Crippen LogP contribution is 2.23. The molecule has 7 heteroatoms. The number of hydrogen-bond acceptors (Lipinski definition) is 5. The number of nitrogens with one attached hydrogen (secondary N) is 1. The molecule has 6 nitrogen and oxygen atoms in total. The maximum Gasteiger partial charge on any atom is 0.178 e. The van der Waals surface area contributed by atoms with Gasteiger partial charge in [0, 0.05) is 0 Å². The Morgan fingerprint density at radius 1 is 1.17 bits per heavy atom. The first-order valence-electron chi connectivity index (χ1n) is 7.35. The van der Waals surface area contributed by atoms with E-state index in [4.69, 9.17) is 4.74 Å². The van der Waals surface area contributed by atoms with E-state index in [1.54, 1.807) is 31.3 Å². The molecule has 2 aromatic heterocycles. The van der Waals surface area contributed by atoms with E-state index in [0.717, 1.165) is 0 Å². The Kier molecular flexibility index (Phi) is 4.04. The van der Waals surface area contributed by atoms with Crippen molar-refractivity contribution in [3.05, 3.63) is 36.5 Å². The summed E-state index contributed by atoms with van der Waals surface area (Å²) in [5, 5.41) is 0. The molecule has 0 atom stereocenters. The third kappa shape index (κ3) is 3.05. The van der Waals surface area contributed by atoms with Crippen LogP contribution in [0.25, 0.3) is 22.6 Å². The maximum atomic E-state index is 12.0. The molecule has 0 unspecified atom stereocenters. The fraction of sp³-hybridized carbons (Fsp3) is 0.250. The van der Waals surface area contributed by atoms with Crippen molar-refractivity contribution in [3.8, 4) is 17.3 Å². The number of aromatic amines is 1. The third-order valence-electron chi connectivity index (χ3n) is 3.48. The Morgan fingerprint density at radius 2 is 2.00 bits per heavy atom. The first-order chi connectivity index (χ1) is 11.0. The van der Waals surface area contributed by atoms with Gasteiger partial charge in [-0.15, -0.1) is 0 Å². The van der Waals surface area contributed by atoms with Gasteiger partial charge >= 0.3 is 0 Å². The fourth-order valence-electron chi connectivity index (χ4n) is 2.24. The van der Waals surface area contributed by atoms with Crippen LogP contribution in [-0.4, -0.2) is 35.7 Å². The number of H-pyrrole nitrogens is 1. The quantitative estimate of drug-likeness (QED) is 0.777. The Balaban J connectivity index is 2.00. The van der Waals surface area contributed by atoms with Crippen molar-refractivity contribution >= 4 is 20.9 Å². The van der Waals surface area contributed by atoms with E-state index in [1.807, 2.05) is 19.1 Å². The summed E-state index contributed by atoms with van der Waals surface area (Å²) in [6.45, 7) is 4.12. The minimum absolute atomic E-state index is 0.0694. The molecule has 3 aromatic rings. The molecule has 23 heavy (non-hydrogen) atoms. The molecule has 2 heterocycles. The van der Waals surface area contributed by atoms with Crippen molar-refractivity contribution in [2.75, 3.05) is 12.4 Å². The number of rotatable bonds is 5. The number of fused-ring (bicyclic) bond motifs is 1. The second-order valence-electron chi connectivity index (χ2n) is 4.98. The lowest BCUT2D eigenvalue weighted by Gasteiger charge is -2.02. The lowest BCUT2D eigenvalue weighted by molar-refractivity contribution is 0.339. The lowest BCUT2D eigenvalue weighted by atomic mass is 10.3. The SMILES string of the molecule is CCOc1ccc(-c2nc3ccc(S(=O)(=O)CC)cc3[nH]2)nc1. The zero-order valence-corrected chi connectivity index (χ0v) is 13.7. The summed E-state index contributed by atoms with van der Waals surface area (Å²) in [6, 6.07) is 8.53. The van der Waals surface area contributed by atoms with Crippen LogP contribution in [0.15, 0.2) is 41.4 Å². The van der Waals surface area contributed by atoms with E-state index in [1.165, 1.54) is 0 Å². The summed E-state index contributed by atoms with van der Waals surface area (Å²) < 4.78 is 29.3. The highest BCUT2D eigenvalue weighted by molar-refractivity contribution is 7.91. The van der Waals surface area contributed by atoms with Crippen molar-refractivity contribution in [1.82, 2.24) is 15.0 Å². The minimum Gasteiger partial charge on any atom is -0.492 e. The van der Waals surface area contributed by atoms with E-state index in [9.17, 15) is 8.42 Å². The Hall–Kier alpha value is -2.41. The number of benzene rings is 1. The number of hydrogen-bond donors (Lipinski definition) is 1. The molecule has 0 aliphatic heterocycles. The molecule has 0 saturated heterocycles. The topological polar surface area (TPSA) is 84.9 Å². The number of sulfone groups is 1. The number of nitrogens with zero attached hydrogens (tertiary/aromatic N) is 2. The molecule has 0 radical (unpaired) electrons. The first kappa shape index (κ1) is 15.5. The zero-order chi connectivity index (χ0) is 16.4. The van der Waals surface area contributed by atoms with Crippen molar-refractivity contribution < 1.29 is 13.2 Å². The molecule has 1 N–H and O–H groups in total. The van der Waals surface area contributed by atoms with E-state index in [0.29, 0.717) is 39.8 Å². The van der Waals surface area contributed by atoms with Gasteiger partial charge in [0.25, 0.3) is 0 Å². The number of aromatic nitrogens is 3. The molecular formula is C16H17N3O3S. The third-order valence-corrected chi connectivity index (χ3v) is 5.21. The van der Waals surface area contributed by atoms with Crippen LogP contribution in [-0.2, 0) is 9.84 Å². The molecule has 3 rings (SSSR count). The summed E-state index contributed by atoms with van der Waals surface area (Å²) in [5.41, 5.74) is 2.04. The highest BCUT2D eigenvalue weighted by Gasteiger charge is 2.14. The predicted molar refractivity (Wildman–Crippen MR) is 88.2 cm³/mol. The smallest absolute Gasteiger partial charge is 0.178 e.